The summed E-state index contributed by atoms with van der Waals surface area (Å²) in [5.74, 6) is -2.40. The predicted octanol–water partition coefficient (Wildman–Crippen LogP) is 1.15. The molecule has 0 fully saturated rings. The highest BCUT2D eigenvalue weighted by molar-refractivity contribution is 5.77. The Morgan fingerprint density at radius 1 is 1.53 bits per heavy atom. The fourth-order valence-corrected chi connectivity index (χ4v) is 1.16. The molecule has 0 aromatic carbocycles. The topological polar surface area (TPSA) is 56.1 Å². The molecule has 1 N–H and O–H groups in total. The molecule has 7 heteroatoms. The summed E-state index contributed by atoms with van der Waals surface area (Å²) >= 11 is 0. The van der Waals surface area contributed by atoms with Crippen molar-refractivity contribution in [2.45, 2.75) is 19.5 Å². The maximum atomic E-state index is 12.3. The van der Waals surface area contributed by atoms with Crippen molar-refractivity contribution in [3.05, 3.63) is 0 Å². The standard InChI is InChI=1S/C10H16F3N3O/c1-3-4-15-9(17)7-16(2)6-8(5-14)10(11,12)13/h8H,3-4,6-7H2,1-2H3,(H,15,17). The average molecular weight is 251 g/mol. The van der Waals surface area contributed by atoms with Gasteiger partial charge in [0.25, 0.3) is 0 Å². The Labute approximate surface area is 98.4 Å². The van der Waals surface area contributed by atoms with Gasteiger partial charge in [-0.2, -0.15) is 18.4 Å². The highest BCUT2D eigenvalue weighted by Gasteiger charge is 2.40. The third-order valence-electron chi connectivity index (χ3n) is 2.03. The zero-order valence-electron chi connectivity index (χ0n) is 9.84. The maximum Gasteiger partial charge on any atom is 0.405 e. The number of hydrogen-bond donors (Lipinski definition) is 1. The molecule has 0 bridgehead atoms. The molecule has 17 heavy (non-hydrogen) atoms. The van der Waals surface area contributed by atoms with E-state index in [2.05, 4.69) is 5.32 Å². The molecule has 0 aromatic heterocycles. The summed E-state index contributed by atoms with van der Waals surface area (Å²) in [4.78, 5) is 12.4. The number of nitriles is 1. The van der Waals surface area contributed by atoms with E-state index in [4.69, 9.17) is 5.26 Å². The number of nitrogens with zero attached hydrogens (tertiary/aromatic N) is 2. The van der Waals surface area contributed by atoms with Crippen LogP contribution in [0.3, 0.4) is 0 Å². The highest BCUT2D eigenvalue weighted by Crippen LogP contribution is 2.25. The van der Waals surface area contributed by atoms with Crippen LogP contribution in [0, 0.1) is 17.2 Å². The van der Waals surface area contributed by atoms with Gasteiger partial charge in [0.05, 0.1) is 12.6 Å². The molecule has 0 aliphatic heterocycles. The van der Waals surface area contributed by atoms with E-state index in [9.17, 15) is 18.0 Å². The third kappa shape index (κ3) is 6.79. The number of likely N-dealkylation sites (N-methyl/N-ethyl adjacent to an activating group) is 1. The molecule has 0 aliphatic carbocycles. The molecule has 0 aliphatic rings. The zero-order chi connectivity index (χ0) is 13.5. The first-order valence-electron chi connectivity index (χ1n) is 5.22. The Balaban J connectivity index is 4.13. The fraction of sp³-hybridized carbons (Fsp3) is 0.800. The largest absolute Gasteiger partial charge is 0.405 e. The Morgan fingerprint density at radius 3 is 2.53 bits per heavy atom. The molecular weight excluding hydrogens is 235 g/mol. The maximum absolute atomic E-state index is 12.3. The van der Waals surface area contributed by atoms with Crippen molar-refractivity contribution in [3.8, 4) is 6.07 Å². The van der Waals surface area contributed by atoms with E-state index in [0.717, 1.165) is 6.42 Å². The van der Waals surface area contributed by atoms with E-state index in [1.54, 1.807) is 0 Å². The number of halogens is 3. The molecule has 1 amide bonds. The summed E-state index contributed by atoms with van der Waals surface area (Å²) < 4.78 is 36.8. The van der Waals surface area contributed by atoms with Crippen molar-refractivity contribution in [2.75, 3.05) is 26.7 Å². The minimum absolute atomic E-state index is 0.145. The Hall–Kier alpha value is -1.29. The lowest BCUT2D eigenvalue weighted by molar-refractivity contribution is -0.163. The molecular formula is C10H16F3N3O. The van der Waals surface area contributed by atoms with Gasteiger partial charge < -0.3 is 5.32 Å². The minimum Gasteiger partial charge on any atom is -0.355 e. The summed E-state index contributed by atoms with van der Waals surface area (Å²) in [6, 6.07) is 1.19. The van der Waals surface area contributed by atoms with Gasteiger partial charge in [-0.05, 0) is 13.5 Å². The van der Waals surface area contributed by atoms with Gasteiger partial charge in [0.2, 0.25) is 5.91 Å². The van der Waals surface area contributed by atoms with E-state index in [0.29, 0.717) is 6.54 Å². The molecule has 0 aromatic rings. The first kappa shape index (κ1) is 15.7. The second-order valence-electron chi connectivity index (χ2n) is 3.77. The van der Waals surface area contributed by atoms with Gasteiger partial charge in [-0.3, -0.25) is 9.69 Å². The molecule has 0 rings (SSSR count). The van der Waals surface area contributed by atoms with Gasteiger partial charge in [-0.1, -0.05) is 6.92 Å². The molecule has 1 unspecified atom stereocenters. The summed E-state index contributed by atoms with van der Waals surface area (Å²) in [5, 5.41) is 10.9. The van der Waals surface area contributed by atoms with Gasteiger partial charge in [0.1, 0.15) is 0 Å². The van der Waals surface area contributed by atoms with Crippen molar-refractivity contribution < 1.29 is 18.0 Å². The first-order chi connectivity index (χ1) is 7.81. The number of amides is 1. The van der Waals surface area contributed by atoms with Crippen LogP contribution in [-0.2, 0) is 4.79 Å². The summed E-state index contributed by atoms with van der Waals surface area (Å²) in [6.07, 6.45) is -3.79. The van der Waals surface area contributed by atoms with Crippen LogP contribution >= 0.6 is 0 Å². The van der Waals surface area contributed by atoms with Crippen molar-refractivity contribution in [1.29, 1.82) is 5.26 Å². The fourth-order valence-electron chi connectivity index (χ4n) is 1.16. The van der Waals surface area contributed by atoms with E-state index in [1.165, 1.54) is 18.0 Å². The van der Waals surface area contributed by atoms with Gasteiger partial charge in [-0.15, -0.1) is 0 Å². The second-order valence-corrected chi connectivity index (χ2v) is 3.77. The lowest BCUT2D eigenvalue weighted by Crippen LogP contribution is -2.40. The molecule has 0 spiro atoms. The number of carbonyl (C=O) groups is 1. The quantitative estimate of drug-likeness (QED) is 0.770. The van der Waals surface area contributed by atoms with Crippen molar-refractivity contribution in [1.82, 2.24) is 10.2 Å². The molecule has 98 valence electrons. The van der Waals surface area contributed by atoms with Gasteiger partial charge in [-0.25, -0.2) is 0 Å². The van der Waals surface area contributed by atoms with Gasteiger partial charge in [0, 0.05) is 13.1 Å². The predicted molar refractivity (Wildman–Crippen MR) is 56.0 cm³/mol. The van der Waals surface area contributed by atoms with E-state index in [1.807, 2.05) is 6.92 Å². The van der Waals surface area contributed by atoms with Crippen LogP contribution in [0.2, 0.25) is 0 Å². The van der Waals surface area contributed by atoms with Crippen molar-refractivity contribution >= 4 is 5.91 Å². The monoisotopic (exact) mass is 251 g/mol. The number of hydrogen-bond acceptors (Lipinski definition) is 3. The molecule has 0 saturated carbocycles. The van der Waals surface area contributed by atoms with E-state index < -0.39 is 18.6 Å². The molecule has 0 radical (unpaired) electrons. The summed E-state index contributed by atoms with van der Waals surface area (Å²) in [5.41, 5.74) is 0. The van der Waals surface area contributed by atoms with Crippen LogP contribution in [0.4, 0.5) is 13.2 Å². The first-order valence-corrected chi connectivity index (χ1v) is 5.22. The smallest absolute Gasteiger partial charge is 0.355 e. The molecule has 1 atom stereocenters. The Kier molecular flexibility index (Phi) is 6.58. The minimum atomic E-state index is -4.55. The average Bonchev–Trinajstić information content (AvgIpc) is 2.21. The van der Waals surface area contributed by atoms with E-state index in [-0.39, 0.29) is 12.5 Å². The SMILES string of the molecule is CCCNC(=O)CN(C)CC(C#N)C(F)(F)F. The van der Waals surface area contributed by atoms with Crippen LogP contribution in [0.5, 0.6) is 0 Å². The number of nitrogens with one attached hydrogen (secondary N) is 1. The zero-order valence-corrected chi connectivity index (χ0v) is 9.84. The lowest BCUT2D eigenvalue weighted by Gasteiger charge is -2.20. The van der Waals surface area contributed by atoms with Crippen LogP contribution in [0.25, 0.3) is 0 Å². The second kappa shape index (κ2) is 7.12. The van der Waals surface area contributed by atoms with E-state index >= 15 is 0 Å². The van der Waals surface area contributed by atoms with Gasteiger partial charge in [0.15, 0.2) is 5.92 Å². The molecule has 0 heterocycles. The third-order valence-corrected chi connectivity index (χ3v) is 2.03. The van der Waals surface area contributed by atoms with Crippen LogP contribution in [0.15, 0.2) is 0 Å². The summed E-state index contributed by atoms with van der Waals surface area (Å²) in [6.45, 7) is 1.72. The summed E-state index contributed by atoms with van der Waals surface area (Å²) in [7, 11) is 1.38. The van der Waals surface area contributed by atoms with Gasteiger partial charge >= 0.3 is 6.18 Å². The Morgan fingerprint density at radius 2 is 2.12 bits per heavy atom. The molecule has 4 nitrogen and oxygen atoms in total. The van der Waals surface area contributed by atoms with Crippen LogP contribution in [0.1, 0.15) is 13.3 Å². The lowest BCUT2D eigenvalue weighted by atomic mass is 10.1. The Bertz CT molecular complexity index is 286. The molecule has 0 saturated heterocycles. The van der Waals surface area contributed by atoms with Crippen LogP contribution < -0.4 is 5.32 Å². The van der Waals surface area contributed by atoms with Crippen molar-refractivity contribution in [3.63, 3.8) is 0 Å². The number of carbonyl (C=O) groups excluding carboxylic acids is 1. The van der Waals surface area contributed by atoms with Crippen LogP contribution in [-0.4, -0.2) is 43.7 Å². The number of alkyl halides is 3. The van der Waals surface area contributed by atoms with Crippen molar-refractivity contribution in [2.24, 2.45) is 5.92 Å². The highest BCUT2D eigenvalue weighted by atomic mass is 19.4. The number of rotatable bonds is 6. The normalized spacial score (nSPS) is 13.2.